The zero-order valence-electron chi connectivity index (χ0n) is 4.40. The molecule has 0 aromatic rings. The maximum atomic E-state index is 9.23. The predicted molar refractivity (Wildman–Crippen MR) is 24.8 cm³/mol. The molecule has 0 heterocycles. The summed E-state index contributed by atoms with van der Waals surface area (Å²) in [6.45, 7) is 1.16. The van der Waals surface area contributed by atoms with Crippen LogP contribution in [-0.2, 0) is 4.84 Å². The van der Waals surface area contributed by atoms with Crippen molar-refractivity contribution >= 4 is 0 Å². The van der Waals surface area contributed by atoms with Crippen molar-refractivity contribution in [2.24, 2.45) is 0 Å². The van der Waals surface area contributed by atoms with E-state index in [9.17, 15) is 10.1 Å². The summed E-state index contributed by atoms with van der Waals surface area (Å²) < 4.78 is 0. The number of rotatable bonds is 2. The van der Waals surface area contributed by atoms with Gasteiger partial charge in [-0.2, -0.15) is 0 Å². The monoisotopic (exact) mass is 124 g/mol. The molecule has 50 valence electrons. The topological polar surface area (TPSA) is 108 Å². The zero-order chi connectivity index (χ0) is 5.86. The number of hydrogen-bond donors (Lipinski definition) is 2. The van der Waals surface area contributed by atoms with Crippen LogP contribution in [0, 0.1) is 10.1 Å². The molecule has 0 spiro atoms. The van der Waals surface area contributed by atoms with E-state index in [2.05, 4.69) is 4.84 Å². The van der Waals surface area contributed by atoms with Gasteiger partial charge in [0.15, 0.2) is 6.29 Å². The van der Waals surface area contributed by atoms with Gasteiger partial charge in [-0.3, -0.25) is 4.84 Å². The Bertz CT molecular complexity index is 72.4. The minimum Gasteiger partial charge on any atom is -0.369 e. The first-order valence-electron chi connectivity index (χ1n) is 1.62. The van der Waals surface area contributed by atoms with E-state index in [0.29, 0.717) is 0 Å². The Labute approximate surface area is 45.8 Å². The molecule has 0 rings (SSSR count). The molecule has 0 radical (unpaired) electrons. The molecule has 6 heteroatoms. The fourth-order valence-corrected chi connectivity index (χ4v) is 0.125. The molecule has 0 saturated heterocycles. The lowest BCUT2D eigenvalue weighted by molar-refractivity contribution is -0.778. The molecule has 6 nitrogen and oxygen atoms in total. The van der Waals surface area contributed by atoms with Crippen LogP contribution in [0.3, 0.4) is 0 Å². The Morgan fingerprint density at radius 2 is 2.25 bits per heavy atom. The highest BCUT2D eigenvalue weighted by Crippen LogP contribution is 1.80. The Kier molecular flexibility index (Phi) is 5.45. The highest BCUT2D eigenvalue weighted by molar-refractivity contribution is 4.09. The van der Waals surface area contributed by atoms with E-state index in [-0.39, 0.29) is 6.15 Å². The summed E-state index contributed by atoms with van der Waals surface area (Å²) in [7, 11) is 0. The fraction of sp³-hybridized carbons (Fsp3) is 1.00. The van der Waals surface area contributed by atoms with Crippen LogP contribution in [0.5, 0.6) is 0 Å². The van der Waals surface area contributed by atoms with Gasteiger partial charge < -0.3 is 11.3 Å². The van der Waals surface area contributed by atoms with Gasteiger partial charge in [0, 0.05) is 0 Å². The fourth-order valence-electron chi connectivity index (χ4n) is 0.125. The normalized spacial score (nSPS) is 11.2. The second-order valence-corrected chi connectivity index (χ2v) is 0.928. The molecule has 0 aliphatic carbocycles. The Morgan fingerprint density at radius 3 is 2.25 bits per heavy atom. The van der Waals surface area contributed by atoms with E-state index >= 15 is 0 Å². The van der Waals surface area contributed by atoms with Crippen LogP contribution < -0.4 is 6.15 Å². The molecule has 4 N–H and O–H groups in total. The predicted octanol–water partition coefficient (Wildman–Crippen LogP) is -0.305. The lowest BCUT2D eigenvalue weighted by Gasteiger charge is -1.96. The van der Waals surface area contributed by atoms with Crippen LogP contribution in [0.15, 0.2) is 0 Å². The summed E-state index contributed by atoms with van der Waals surface area (Å²) in [5, 5.41) is 16.2. The van der Waals surface area contributed by atoms with Gasteiger partial charge in [0.1, 0.15) is 0 Å². The number of hydrogen-bond acceptors (Lipinski definition) is 5. The second-order valence-electron chi connectivity index (χ2n) is 0.928. The minimum absolute atomic E-state index is 0. The zero-order valence-corrected chi connectivity index (χ0v) is 4.40. The Balaban J connectivity index is 0. The van der Waals surface area contributed by atoms with E-state index in [0.717, 1.165) is 6.92 Å². The maximum Gasteiger partial charge on any atom is 0.297 e. The van der Waals surface area contributed by atoms with Crippen LogP contribution in [-0.4, -0.2) is 16.5 Å². The van der Waals surface area contributed by atoms with E-state index in [4.69, 9.17) is 5.11 Å². The van der Waals surface area contributed by atoms with Crippen LogP contribution in [0.4, 0.5) is 0 Å². The smallest absolute Gasteiger partial charge is 0.297 e. The van der Waals surface area contributed by atoms with E-state index < -0.39 is 11.4 Å². The highest BCUT2D eigenvalue weighted by Gasteiger charge is 1.97. The average molecular weight is 124 g/mol. The van der Waals surface area contributed by atoms with Crippen molar-refractivity contribution in [3.05, 3.63) is 10.1 Å². The summed E-state index contributed by atoms with van der Waals surface area (Å²) in [6.07, 6.45) is -1.32. The molecule has 0 aliphatic rings. The van der Waals surface area contributed by atoms with E-state index in [1.54, 1.807) is 0 Å². The van der Waals surface area contributed by atoms with Gasteiger partial charge in [-0.1, -0.05) is 0 Å². The molecule has 0 amide bonds. The van der Waals surface area contributed by atoms with Crippen molar-refractivity contribution in [2.75, 3.05) is 0 Å². The van der Waals surface area contributed by atoms with Crippen molar-refractivity contribution in [1.82, 2.24) is 6.15 Å². The third kappa shape index (κ3) is 8.93. The standard InChI is InChI=1S/C2H5NO4.H3N/c1-2(4)7-3(5)6;/h2,4H,1H3;1H3. The van der Waals surface area contributed by atoms with Crippen molar-refractivity contribution in [3.63, 3.8) is 0 Å². The quantitative estimate of drug-likeness (QED) is 0.298. The summed E-state index contributed by atoms with van der Waals surface area (Å²) in [5.41, 5.74) is 0. The minimum atomic E-state index is -1.32. The Morgan fingerprint density at radius 1 is 1.88 bits per heavy atom. The number of aliphatic hydroxyl groups excluding tert-OH is 1. The average Bonchev–Trinajstić information content (AvgIpc) is 1.27. The lowest BCUT2D eigenvalue weighted by atomic mass is 10.8. The molecule has 1 unspecified atom stereocenters. The molecule has 0 bridgehead atoms. The van der Waals surface area contributed by atoms with E-state index in [1.807, 2.05) is 0 Å². The molecule has 0 saturated carbocycles. The van der Waals surface area contributed by atoms with Gasteiger partial charge in [-0.25, -0.2) is 0 Å². The van der Waals surface area contributed by atoms with Crippen molar-refractivity contribution in [3.8, 4) is 0 Å². The third-order valence-electron chi connectivity index (χ3n) is 0.239. The molecular weight excluding hydrogens is 116 g/mol. The van der Waals surface area contributed by atoms with Crippen LogP contribution in [0.2, 0.25) is 0 Å². The molecular formula is C2H8N2O4. The molecule has 0 aliphatic heterocycles. The molecule has 8 heavy (non-hydrogen) atoms. The van der Waals surface area contributed by atoms with Gasteiger partial charge in [0.05, 0.1) is 0 Å². The maximum absolute atomic E-state index is 9.23. The van der Waals surface area contributed by atoms with Crippen molar-refractivity contribution in [1.29, 1.82) is 0 Å². The first kappa shape index (κ1) is 10.2. The van der Waals surface area contributed by atoms with Gasteiger partial charge in [0.2, 0.25) is 0 Å². The van der Waals surface area contributed by atoms with Crippen LogP contribution >= 0.6 is 0 Å². The summed E-state index contributed by atoms with van der Waals surface area (Å²) >= 11 is 0. The van der Waals surface area contributed by atoms with Crippen molar-refractivity contribution < 1.29 is 15.0 Å². The number of aliphatic hydroxyl groups is 1. The lowest BCUT2D eigenvalue weighted by Crippen LogP contribution is -2.11. The van der Waals surface area contributed by atoms with E-state index in [1.165, 1.54) is 0 Å². The second kappa shape index (κ2) is 4.28. The SMILES string of the molecule is CC(O)O[N+](=O)[O-].N. The van der Waals surface area contributed by atoms with Gasteiger partial charge in [-0.05, 0) is 6.92 Å². The van der Waals surface area contributed by atoms with Crippen molar-refractivity contribution in [2.45, 2.75) is 13.2 Å². The molecule has 0 aromatic heterocycles. The van der Waals surface area contributed by atoms with Gasteiger partial charge in [0.25, 0.3) is 5.09 Å². The highest BCUT2D eigenvalue weighted by atomic mass is 17.0. The summed E-state index contributed by atoms with van der Waals surface area (Å²) in [4.78, 5) is 12.8. The van der Waals surface area contributed by atoms with Crippen LogP contribution in [0.1, 0.15) is 6.92 Å². The largest absolute Gasteiger partial charge is 0.369 e. The third-order valence-corrected chi connectivity index (χ3v) is 0.239. The Hall–Kier alpha value is -0.880. The summed E-state index contributed by atoms with van der Waals surface area (Å²) in [5.74, 6) is 0. The molecule has 1 atom stereocenters. The first-order chi connectivity index (χ1) is 3.13. The van der Waals surface area contributed by atoms with Crippen LogP contribution in [0.25, 0.3) is 0 Å². The van der Waals surface area contributed by atoms with Gasteiger partial charge >= 0.3 is 0 Å². The molecule has 0 fully saturated rings. The first-order valence-corrected chi connectivity index (χ1v) is 1.62. The van der Waals surface area contributed by atoms with Gasteiger partial charge in [-0.15, -0.1) is 10.1 Å². The molecule has 0 aromatic carbocycles. The number of nitrogens with zero attached hydrogens (tertiary/aromatic N) is 1. The summed E-state index contributed by atoms with van der Waals surface area (Å²) in [6, 6.07) is 0.